The summed E-state index contributed by atoms with van der Waals surface area (Å²) in [6.07, 6.45) is -5.60. The summed E-state index contributed by atoms with van der Waals surface area (Å²) in [7, 11) is 12.4. The molecule has 2 rings (SSSR count). The predicted octanol–water partition coefficient (Wildman–Crippen LogP) is 2.92. The van der Waals surface area contributed by atoms with Crippen molar-refractivity contribution in [2.45, 2.75) is 70.0 Å². The fourth-order valence-electron chi connectivity index (χ4n) is 2.95. The lowest BCUT2D eigenvalue weighted by Crippen LogP contribution is -2.71. The van der Waals surface area contributed by atoms with Gasteiger partial charge in [-0.05, 0) is 52.1 Å². The summed E-state index contributed by atoms with van der Waals surface area (Å²) in [5.41, 5.74) is -1.63. The minimum Gasteiger partial charge on any atom is -0.444 e. The Hall–Kier alpha value is -1.90. The standard InChI is InChI=1S/C18H24B2F3N3O3/c1-10-13(9-25-14-7-6-12(8-24-14)18(21,22)23)26(15(27)29-16(3,4)5)17(19,20)11(2)28-10/h6-8,10-11,13H,9H2,1-5H3,(H,24,25). The van der Waals surface area contributed by atoms with E-state index in [2.05, 4.69) is 10.3 Å². The number of anilines is 1. The first-order chi connectivity index (χ1) is 13.1. The molecule has 1 aliphatic heterocycles. The highest BCUT2D eigenvalue weighted by Gasteiger charge is 2.48. The number of carbonyl (C=O) groups excluding carboxylic acids is 1. The van der Waals surface area contributed by atoms with Gasteiger partial charge in [-0.3, -0.25) is 0 Å². The number of hydrogen-bond donors (Lipinski definition) is 1. The molecule has 2 heterocycles. The number of aromatic nitrogens is 1. The molecule has 1 fully saturated rings. The molecule has 6 nitrogen and oxygen atoms in total. The lowest BCUT2D eigenvalue weighted by Gasteiger charge is -2.54. The number of pyridine rings is 1. The number of ether oxygens (including phenoxy) is 2. The molecule has 1 amide bonds. The Balaban J connectivity index is 2.21. The van der Waals surface area contributed by atoms with Gasteiger partial charge in [0, 0.05) is 12.7 Å². The van der Waals surface area contributed by atoms with Gasteiger partial charge < -0.3 is 19.7 Å². The first kappa shape index (κ1) is 23.4. The maximum atomic E-state index is 12.8. The molecule has 0 bridgehead atoms. The molecule has 1 aromatic rings. The number of halogens is 3. The monoisotopic (exact) mass is 409 g/mol. The maximum Gasteiger partial charge on any atom is 0.417 e. The summed E-state index contributed by atoms with van der Waals surface area (Å²) in [6, 6.07) is 1.47. The maximum absolute atomic E-state index is 12.8. The molecule has 11 heteroatoms. The van der Waals surface area contributed by atoms with E-state index in [1.54, 1.807) is 34.6 Å². The molecule has 0 aliphatic carbocycles. The summed E-state index contributed by atoms with van der Waals surface area (Å²) in [6.45, 7) is 8.62. The second-order valence-corrected chi connectivity index (χ2v) is 8.10. The molecule has 1 aliphatic rings. The highest BCUT2D eigenvalue weighted by atomic mass is 19.4. The van der Waals surface area contributed by atoms with E-state index in [1.165, 1.54) is 11.0 Å². The third-order valence-electron chi connectivity index (χ3n) is 4.53. The van der Waals surface area contributed by atoms with Crippen LogP contribution in [-0.4, -0.2) is 67.4 Å². The zero-order chi connectivity index (χ0) is 22.2. The second-order valence-electron chi connectivity index (χ2n) is 8.10. The van der Waals surface area contributed by atoms with Crippen molar-refractivity contribution in [3.63, 3.8) is 0 Å². The van der Waals surface area contributed by atoms with Crippen molar-refractivity contribution < 1.29 is 27.4 Å². The van der Waals surface area contributed by atoms with Gasteiger partial charge in [-0.1, -0.05) is 0 Å². The molecular formula is C18H24B2F3N3O3. The summed E-state index contributed by atoms with van der Waals surface area (Å²) < 4.78 is 49.3. The summed E-state index contributed by atoms with van der Waals surface area (Å²) in [5.74, 6) is 0.201. The fraction of sp³-hybridized carbons (Fsp3) is 0.667. The number of rotatable bonds is 3. The lowest BCUT2D eigenvalue weighted by atomic mass is 9.56. The number of carbonyl (C=O) groups is 1. The van der Waals surface area contributed by atoms with Gasteiger partial charge in [0.05, 0.1) is 39.5 Å². The predicted molar refractivity (Wildman–Crippen MR) is 104 cm³/mol. The molecule has 1 saturated heterocycles. The van der Waals surface area contributed by atoms with Crippen molar-refractivity contribution in [1.29, 1.82) is 0 Å². The van der Waals surface area contributed by atoms with Crippen LogP contribution in [0.25, 0.3) is 0 Å². The lowest BCUT2D eigenvalue weighted by molar-refractivity contribution is -0.137. The van der Waals surface area contributed by atoms with Gasteiger partial charge >= 0.3 is 12.3 Å². The van der Waals surface area contributed by atoms with Gasteiger partial charge in [0.15, 0.2) is 0 Å². The van der Waals surface area contributed by atoms with E-state index in [0.29, 0.717) is 0 Å². The van der Waals surface area contributed by atoms with Crippen LogP contribution in [0.15, 0.2) is 18.3 Å². The zero-order valence-corrected chi connectivity index (χ0v) is 17.1. The largest absolute Gasteiger partial charge is 0.444 e. The number of hydrogen-bond acceptors (Lipinski definition) is 5. The number of amides is 1. The minimum absolute atomic E-state index is 0.0850. The van der Waals surface area contributed by atoms with Gasteiger partial charge in [-0.2, -0.15) is 13.2 Å². The Morgan fingerprint density at radius 3 is 2.41 bits per heavy atom. The fourth-order valence-corrected chi connectivity index (χ4v) is 2.95. The number of morpholine rings is 1. The molecule has 4 radical (unpaired) electrons. The first-order valence-electron chi connectivity index (χ1n) is 9.15. The highest BCUT2D eigenvalue weighted by Crippen LogP contribution is 2.31. The summed E-state index contributed by atoms with van der Waals surface area (Å²) >= 11 is 0. The molecule has 29 heavy (non-hydrogen) atoms. The smallest absolute Gasteiger partial charge is 0.417 e. The Labute approximate surface area is 171 Å². The highest BCUT2D eigenvalue weighted by molar-refractivity contribution is 6.41. The molecule has 1 aromatic heterocycles. The van der Waals surface area contributed by atoms with Gasteiger partial charge in [0.1, 0.15) is 11.4 Å². The molecule has 3 unspecified atom stereocenters. The second kappa shape index (κ2) is 8.08. The third-order valence-corrected chi connectivity index (χ3v) is 4.53. The van der Waals surface area contributed by atoms with Crippen molar-refractivity contribution in [3.8, 4) is 0 Å². The molecule has 156 valence electrons. The van der Waals surface area contributed by atoms with Crippen LogP contribution in [-0.2, 0) is 15.7 Å². The van der Waals surface area contributed by atoms with Crippen LogP contribution in [0.1, 0.15) is 40.2 Å². The van der Waals surface area contributed by atoms with E-state index in [1.807, 2.05) is 0 Å². The van der Waals surface area contributed by atoms with E-state index in [9.17, 15) is 18.0 Å². The van der Waals surface area contributed by atoms with Crippen LogP contribution in [0.2, 0.25) is 0 Å². The van der Waals surface area contributed by atoms with E-state index in [-0.39, 0.29) is 12.4 Å². The van der Waals surface area contributed by atoms with Crippen LogP contribution < -0.4 is 5.32 Å². The molecular weight excluding hydrogens is 385 g/mol. The molecule has 3 atom stereocenters. The van der Waals surface area contributed by atoms with Gasteiger partial charge in [0.25, 0.3) is 0 Å². The molecule has 1 N–H and O–H groups in total. The molecule has 0 spiro atoms. The van der Waals surface area contributed by atoms with Crippen molar-refractivity contribution in [3.05, 3.63) is 23.9 Å². The van der Waals surface area contributed by atoms with Crippen LogP contribution in [0, 0.1) is 0 Å². The number of alkyl halides is 3. The van der Waals surface area contributed by atoms with Crippen LogP contribution >= 0.6 is 0 Å². The Morgan fingerprint density at radius 2 is 1.93 bits per heavy atom. The van der Waals surface area contributed by atoms with Crippen molar-refractivity contribution in [2.75, 3.05) is 11.9 Å². The number of nitrogens with one attached hydrogen (secondary N) is 1. The van der Waals surface area contributed by atoms with Gasteiger partial charge in [-0.15, -0.1) is 0 Å². The van der Waals surface area contributed by atoms with Crippen molar-refractivity contribution in [2.24, 2.45) is 0 Å². The first-order valence-corrected chi connectivity index (χ1v) is 9.15. The Bertz CT molecular complexity index is 724. The van der Waals surface area contributed by atoms with Crippen molar-refractivity contribution in [1.82, 2.24) is 9.88 Å². The zero-order valence-electron chi connectivity index (χ0n) is 17.1. The van der Waals surface area contributed by atoms with E-state index < -0.39 is 47.0 Å². The van der Waals surface area contributed by atoms with Gasteiger partial charge in [0.2, 0.25) is 0 Å². The average molecular weight is 409 g/mol. The Morgan fingerprint density at radius 1 is 1.31 bits per heavy atom. The average Bonchev–Trinajstić information content (AvgIpc) is 2.54. The molecule has 0 saturated carbocycles. The summed E-state index contributed by atoms with van der Waals surface area (Å²) in [4.78, 5) is 17.8. The quantitative estimate of drug-likeness (QED) is 0.779. The van der Waals surface area contributed by atoms with E-state index in [4.69, 9.17) is 25.2 Å². The topological polar surface area (TPSA) is 63.7 Å². The third kappa shape index (κ3) is 5.58. The van der Waals surface area contributed by atoms with Crippen LogP contribution in [0.5, 0.6) is 0 Å². The van der Waals surface area contributed by atoms with E-state index >= 15 is 0 Å². The minimum atomic E-state index is -4.47. The van der Waals surface area contributed by atoms with Crippen LogP contribution in [0.4, 0.5) is 23.8 Å². The van der Waals surface area contributed by atoms with E-state index in [0.717, 1.165) is 12.3 Å². The normalized spacial score (nSPS) is 24.8. The molecule has 0 aromatic carbocycles. The number of nitrogens with zero attached hydrogens (tertiary/aromatic N) is 2. The van der Waals surface area contributed by atoms with Gasteiger partial charge in [-0.25, -0.2) is 9.78 Å². The van der Waals surface area contributed by atoms with Crippen molar-refractivity contribution >= 4 is 27.6 Å². The summed E-state index contributed by atoms with van der Waals surface area (Å²) in [5, 5.41) is 1.26. The SMILES string of the molecule is [B]C1([B])C(C)OC(C)C(CNc2ccc(C(F)(F)F)cn2)N1C(=O)OC(C)(C)C. The van der Waals surface area contributed by atoms with Crippen LogP contribution in [0.3, 0.4) is 0 Å². The Kier molecular flexibility index (Phi) is 6.52.